The first-order valence-electron chi connectivity index (χ1n) is 5.58. The summed E-state index contributed by atoms with van der Waals surface area (Å²) in [6.45, 7) is 4.13. The monoisotopic (exact) mass is 238 g/mol. The molecule has 0 bridgehead atoms. The van der Waals surface area contributed by atoms with Gasteiger partial charge >= 0.3 is 0 Å². The van der Waals surface area contributed by atoms with E-state index in [-0.39, 0.29) is 12.5 Å². The van der Waals surface area contributed by atoms with Crippen molar-refractivity contribution in [3.63, 3.8) is 0 Å². The number of hydrogen-bond acceptors (Lipinski definition) is 4. The van der Waals surface area contributed by atoms with Crippen LogP contribution < -0.4 is 0 Å². The molecule has 6 heteroatoms. The summed E-state index contributed by atoms with van der Waals surface area (Å²) in [5.41, 5.74) is -2.00. The number of carbonyl (C=O) groups is 4. The standard InChI is InChI=1S/C11H14N2O4/c1-4-6(2)5-13-9(16)11(10(13)17)7(14)12(3)8(11)15/h6H,4-5H2,1-3H3/t6-/m0/s1. The van der Waals surface area contributed by atoms with Crippen LogP contribution in [0.25, 0.3) is 0 Å². The average Bonchev–Trinajstić information content (AvgIpc) is 2.35. The molecule has 0 unspecified atom stereocenters. The smallest absolute Gasteiger partial charge is 0.282 e. The molecule has 0 aromatic heterocycles. The van der Waals surface area contributed by atoms with Crippen molar-refractivity contribution in [1.82, 2.24) is 9.80 Å². The van der Waals surface area contributed by atoms with Gasteiger partial charge in [-0.25, -0.2) is 0 Å². The Morgan fingerprint density at radius 3 is 1.94 bits per heavy atom. The zero-order chi connectivity index (χ0) is 13.0. The summed E-state index contributed by atoms with van der Waals surface area (Å²) in [5, 5.41) is 0. The second kappa shape index (κ2) is 3.38. The Labute approximate surface area is 98.5 Å². The molecule has 1 atom stereocenters. The molecule has 2 aliphatic rings. The zero-order valence-electron chi connectivity index (χ0n) is 10.0. The lowest BCUT2D eigenvalue weighted by Crippen LogP contribution is -2.83. The van der Waals surface area contributed by atoms with Gasteiger partial charge in [-0.1, -0.05) is 20.3 Å². The highest BCUT2D eigenvalue weighted by Crippen LogP contribution is 2.44. The van der Waals surface area contributed by atoms with E-state index in [1.54, 1.807) is 0 Å². The van der Waals surface area contributed by atoms with Crippen LogP contribution in [0.2, 0.25) is 0 Å². The Morgan fingerprint density at radius 1 is 1.06 bits per heavy atom. The fourth-order valence-corrected chi connectivity index (χ4v) is 2.14. The number of β-lactam (4-membered cyclic amide) rings is 4. The van der Waals surface area contributed by atoms with E-state index in [2.05, 4.69) is 0 Å². The summed E-state index contributed by atoms with van der Waals surface area (Å²) in [5.74, 6) is -2.54. The molecular weight excluding hydrogens is 224 g/mol. The summed E-state index contributed by atoms with van der Waals surface area (Å²) in [7, 11) is 1.27. The first-order chi connectivity index (χ1) is 7.88. The van der Waals surface area contributed by atoms with Crippen LogP contribution in [0, 0.1) is 11.3 Å². The molecule has 0 aromatic rings. The van der Waals surface area contributed by atoms with Crippen LogP contribution >= 0.6 is 0 Å². The van der Waals surface area contributed by atoms with Gasteiger partial charge in [0, 0.05) is 13.6 Å². The molecule has 6 nitrogen and oxygen atoms in total. The van der Waals surface area contributed by atoms with E-state index in [4.69, 9.17) is 0 Å². The Hall–Kier alpha value is -1.72. The van der Waals surface area contributed by atoms with Crippen LogP contribution in [0.5, 0.6) is 0 Å². The number of hydrogen-bond donors (Lipinski definition) is 0. The van der Waals surface area contributed by atoms with E-state index in [0.29, 0.717) is 0 Å². The van der Waals surface area contributed by atoms with Gasteiger partial charge in [0.05, 0.1) is 0 Å². The van der Waals surface area contributed by atoms with E-state index in [9.17, 15) is 19.2 Å². The van der Waals surface area contributed by atoms with Crippen molar-refractivity contribution >= 4 is 23.6 Å². The molecule has 17 heavy (non-hydrogen) atoms. The van der Waals surface area contributed by atoms with Crippen LogP contribution in [-0.2, 0) is 19.2 Å². The summed E-state index contributed by atoms with van der Waals surface area (Å²) >= 11 is 0. The quantitative estimate of drug-likeness (QED) is 0.485. The van der Waals surface area contributed by atoms with Crippen molar-refractivity contribution in [1.29, 1.82) is 0 Å². The second-order valence-corrected chi connectivity index (χ2v) is 4.65. The predicted octanol–water partition coefficient (Wildman–Crippen LogP) is -0.614. The molecule has 2 rings (SSSR count). The molecule has 0 radical (unpaired) electrons. The molecule has 92 valence electrons. The van der Waals surface area contributed by atoms with Gasteiger partial charge in [-0.3, -0.25) is 29.0 Å². The van der Waals surface area contributed by atoms with Crippen molar-refractivity contribution in [2.45, 2.75) is 20.3 Å². The number of imide groups is 2. The maximum absolute atomic E-state index is 11.8. The molecule has 2 aliphatic heterocycles. The van der Waals surface area contributed by atoms with E-state index in [1.807, 2.05) is 13.8 Å². The number of nitrogens with zero attached hydrogens (tertiary/aromatic N) is 2. The lowest BCUT2D eigenvalue weighted by atomic mass is 9.69. The third-order valence-electron chi connectivity index (χ3n) is 3.57. The highest BCUT2D eigenvalue weighted by atomic mass is 16.2. The number of rotatable bonds is 3. The van der Waals surface area contributed by atoms with Crippen molar-refractivity contribution < 1.29 is 19.2 Å². The summed E-state index contributed by atoms with van der Waals surface area (Å²) < 4.78 is 0. The van der Waals surface area contributed by atoms with Crippen LogP contribution in [-0.4, -0.2) is 47.0 Å². The minimum Gasteiger partial charge on any atom is -0.282 e. The Kier molecular flexibility index (Phi) is 2.34. The Bertz CT molecular complexity index is 409. The number of carbonyl (C=O) groups excluding carboxylic acids is 4. The van der Waals surface area contributed by atoms with Crippen LogP contribution in [0.15, 0.2) is 0 Å². The predicted molar refractivity (Wildman–Crippen MR) is 56.4 cm³/mol. The molecule has 0 aliphatic carbocycles. The summed E-state index contributed by atoms with van der Waals surface area (Å²) in [6.07, 6.45) is 0.825. The molecule has 0 aromatic carbocycles. The lowest BCUT2D eigenvalue weighted by Gasteiger charge is -2.51. The molecule has 4 amide bonds. The fourth-order valence-electron chi connectivity index (χ4n) is 2.14. The van der Waals surface area contributed by atoms with E-state index >= 15 is 0 Å². The van der Waals surface area contributed by atoms with Gasteiger partial charge in [0.1, 0.15) is 0 Å². The van der Waals surface area contributed by atoms with Crippen LogP contribution in [0.4, 0.5) is 0 Å². The maximum atomic E-state index is 11.8. The largest absolute Gasteiger partial charge is 0.284 e. The molecule has 0 saturated carbocycles. The van der Waals surface area contributed by atoms with Gasteiger partial charge < -0.3 is 0 Å². The maximum Gasteiger partial charge on any atom is 0.284 e. The molecule has 0 N–H and O–H groups in total. The zero-order valence-corrected chi connectivity index (χ0v) is 10.0. The SMILES string of the molecule is CC[C@H](C)CN1C(=O)C2(C(=O)N(C)C2=O)C1=O. The van der Waals surface area contributed by atoms with E-state index < -0.39 is 29.0 Å². The number of likely N-dealkylation sites (tertiary alicyclic amines) is 2. The highest BCUT2D eigenvalue weighted by molar-refractivity contribution is 6.52. The highest BCUT2D eigenvalue weighted by Gasteiger charge is 2.79. The lowest BCUT2D eigenvalue weighted by molar-refractivity contribution is -0.198. The Balaban J connectivity index is 2.18. The summed E-state index contributed by atoms with van der Waals surface area (Å²) in [6, 6.07) is 0. The van der Waals surface area contributed by atoms with Crippen molar-refractivity contribution in [3.05, 3.63) is 0 Å². The minimum atomic E-state index is -2.00. The fraction of sp³-hybridized carbons (Fsp3) is 0.636. The molecule has 2 heterocycles. The molecule has 2 saturated heterocycles. The molecule has 1 spiro atoms. The van der Waals surface area contributed by atoms with Gasteiger partial charge in [-0.15, -0.1) is 0 Å². The summed E-state index contributed by atoms with van der Waals surface area (Å²) in [4.78, 5) is 48.6. The first kappa shape index (κ1) is 11.8. The van der Waals surface area contributed by atoms with Gasteiger partial charge in [-0.05, 0) is 5.92 Å². The normalized spacial score (nSPS) is 23.9. The molecule has 2 fully saturated rings. The third-order valence-corrected chi connectivity index (χ3v) is 3.57. The average molecular weight is 238 g/mol. The van der Waals surface area contributed by atoms with E-state index in [0.717, 1.165) is 16.2 Å². The number of amides is 4. The van der Waals surface area contributed by atoms with Gasteiger partial charge in [0.15, 0.2) is 0 Å². The van der Waals surface area contributed by atoms with Crippen molar-refractivity contribution in [2.75, 3.05) is 13.6 Å². The second-order valence-electron chi connectivity index (χ2n) is 4.65. The third kappa shape index (κ3) is 1.10. The van der Waals surface area contributed by atoms with E-state index in [1.165, 1.54) is 7.05 Å². The minimum absolute atomic E-state index is 0.170. The van der Waals surface area contributed by atoms with Gasteiger partial charge in [0.2, 0.25) is 0 Å². The van der Waals surface area contributed by atoms with Crippen LogP contribution in [0.3, 0.4) is 0 Å². The van der Waals surface area contributed by atoms with Crippen molar-refractivity contribution in [2.24, 2.45) is 11.3 Å². The topological polar surface area (TPSA) is 74.8 Å². The van der Waals surface area contributed by atoms with Crippen LogP contribution in [0.1, 0.15) is 20.3 Å². The Morgan fingerprint density at radius 2 is 1.53 bits per heavy atom. The first-order valence-corrected chi connectivity index (χ1v) is 5.58. The van der Waals surface area contributed by atoms with Gasteiger partial charge in [-0.2, -0.15) is 0 Å². The molecular formula is C11H14N2O4. The van der Waals surface area contributed by atoms with Crippen molar-refractivity contribution in [3.8, 4) is 0 Å². The van der Waals surface area contributed by atoms with Gasteiger partial charge in [0.25, 0.3) is 29.0 Å².